The fourth-order valence-corrected chi connectivity index (χ4v) is 5.27. The van der Waals surface area contributed by atoms with Gasteiger partial charge in [-0.2, -0.15) is 4.31 Å². The normalized spacial score (nSPS) is 19.6. The van der Waals surface area contributed by atoms with E-state index in [0.717, 1.165) is 15.6 Å². The second-order valence-electron chi connectivity index (χ2n) is 4.74. The van der Waals surface area contributed by atoms with Gasteiger partial charge in [-0.15, -0.1) is 11.3 Å². The standard InChI is InChI=1S/C12H16N2O5S2/c1-8(15)13-7-9-4-5-11(20-9)21(18,19)14-6-2-3-10(14)12(16)17/h4-5,10H,2-3,6-7H2,1H3,(H,13,15)(H,16,17). The molecular formula is C12H16N2O5S2. The molecule has 0 aromatic carbocycles. The maximum absolute atomic E-state index is 12.5. The maximum atomic E-state index is 12.5. The summed E-state index contributed by atoms with van der Waals surface area (Å²) < 4.78 is 26.1. The highest BCUT2D eigenvalue weighted by Gasteiger charge is 2.40. The van der Waals surface area contributed by atoms with Crippen molar-refractivity contribution >= 4 is 33.2 Å². The van der Waals surface area contributed by atoms with Crippen LogP contribution in [-0.4, -0.2) is 42.3 Å². The number of carbonyl (C=O) groups is 2. The Hall–Kier alpha value is -1.45. The van der Waals surface area contributed by atoms with Gasteiger partial charge in [-0.25, -0.2) is 8.42 Å². The third-order valence-corrected chi connectivity index (χ3v) is 6.66. The Bertz CT molecular complexity index is 652. The average molecular weight is 332 g/mol. The first-order valence-electron chi connectivity index (χ1n) is 6.40. The summed E-state index contributed by atoms with van der Waals surface area (Å²) in [4.78, 5) is 22.7. The number of amides is 1. The maximum Gasteiger partial charge on any atom is 0.322 e. The molecule has 9 heteroatoms. The number of carboxylic acids is 1. The third-order valence-electron chi connectivity index (χ3n) is 3.20. The highest BCUT2D eigenvalue weighted by molar-refractivity contribution is 7.91. The molecule has 1 aliphatic rings. The van der Waals surface area contributed by atoms with Crippen LogP contribution in [0.1, 0.15) is 24.6 Å². The van der Waals surface area contributed by atoms with E-state index in [1.54, 1.807) is 6.07 Å². The number of aliphatic carboxylic acids is 1. The molecule has 1 aliphatic heterocycles. The Labute approximate surface area is 126 Å². The summed E-state index contributed by atoms with van der Waals surface area (Å²) in [6, 6.07) is 2.09. The van der Waals surface area contributed by atoms with E-state index in [4.69, 9.17) is 5.11 Å². The van der Waals surface area contributed by atoms with Gasteiger partial charge in [0.25, 0.3) is 10.0 Å². The van der Waals surface area contributed by atoms with Gasteiger partial charge in [0.1, 0.15) is 10.3 Å². The predicted octanol–water partition coefficient (Wildman–Crippen LogP) is 0.622. The molecule has 116 valence electrons. The zero-order valence-corrected chi connectivity index (χ0v) is 13.0. The Morgan fingerprint density at radius 2 is 2.19 bits per heavy atom. The van der Waals surface area contributed by atoms with Gasteiger partial charge in [0.2, 0.25) is 5.91 Å². The van der Waals surface area contributed by atoms with Crippen molar-refractivity contribution in [2.24, 2.45) is 0 Å². The summed E-state index contributed by atoms with van der Waals surface area (Å²) in [5, 5.41) is 11.7. The summed E-state index contributed by atoms with van der Waals surface area (Å²) in [6.07, 6.45) is 0.874. The predicted molar refractivity (Wildman–Crippen MR) is 76.4 cm³/mol. The van der Waals surface area contributed by atoms with E-state index in [1.165, 1.54) is 13.0 Å². The second kappa shape index (κ2) is 6.12. The summed E-state index contributed by atoms with van der Waals surface area (Å²) in [7, 11) is -3.79. The van der Waals surface area contributed by atoms with Crippen molar-refractivity contribution in [3.8, 4) is 0 Å². The van der Waals surface area contributed by atoms with E-state index in [-0.39, 0.29) is 23.2 Å². The van der Waals surface area contributed by atoms with Crippen LogP contribution in [0.25, 0.3) is 0 Å². The van der Waals surface area contributed by atoms with Crippen LogP contribution in [0.5, 0.6) is 0 Å². The van der Waals surface area contributed by atoms with Crippen LogP contribution in [0.15, 0.2) is 16.3 Å². The first kappa shape index (κ1) is 15.9. The topological polar surface area (TPSA) is 104 Å². The van der Waals surface area contributed by atoms with Crippen molar-refractivity contribution in [1.82, 2.24) is 9.62 Å². The molecular weight excluding hydrogens is 316 g/mol. The Kier molecular flexibility index (Phi) is 4.64. The molecule has 0 bridgehead atoms. The number of sulfonamides is 1. The van der Waals surface area contributed by atoms with E-state index in [9.17, 15) is 18.0 Å². The lowest BCUT2D eigenvalue weighted by molar-refractivity contribution is -0.140. The first-order valence-corrected chi connectivity index (χ1v) is 8.66. The number of nitrogens with one attached hydrogen (secondary N) is 1. The monoisotopic (exact) mass is 332 g/mol. The lowest BCUT2D eigenvalue weighted by Crippen LogP contribution is -2.40. The van der Waals surface area contributed by atoms with Gasteiger partial charge in [0, 0.05) is 18.3 Å². The zero-order valence-electron chi connectivity index (χ0n) is 11.4. The fraction of sp³-hybridized carbons (Fsp3) is 0.500. The summed E-state index contributed by atoms with van der Waals surface area (Å²) >= 11 is 1.05. The molecule has 2 N–H and O–H groups in total. The lowest BCUT2D eigenvalue weighted by atomic mass is 10.2. The minimum atomic E-state index is -3.79. The highest BCUT2D eigenvalue weighted by atomic mass is 32.2. The van der Waals surface area contributed by atoms with E-state index < -0.39 is 22.0 Å². The first-order chi connectivity index (χ1) is 9.82. The number of carbonyl (C=O) groups excluding carboxylic acids is 1. The highest BCUT2D eigenvalue weighted by Crippen LogP contribution is 2.30. The lowest BCUT2D eigenvalue weighted by Gasteiger charge is -2.19. The molecule has 2 heterocycles. The van der Waals surface area contributed by atoms with Gasteiger partial charge in [0.05, 0.1) is 6.54 Å². The van der Waals surface area contributed by atoms with Crippen LogP contribution in [0.4, 0.5) is 0 Å². The van der Waals surface area contributed by atoms with Gasteiger partial charge in [-0.3, -0.25) is 9.59 Å². The third kappa shape index (κ3) is 3.42. The zero-order chi connectivity index (χ0) is 15.6. The van der Waals surface area contributed by atoms with Gasteiger partial charge in [-0.05, 0) is 25.0 Å². The van der Waals surface area contributed by atoms with E-state index in [1.807, 2.05) is 0 Å². The van der Waals surface area contributed by atoms with Crippen LogP contribution in [0.3, 0.4) is 0 Å². The van der Waals surface area contributed by atoms with Gasteiger partial charge in [-0.1, -0.05) is 0 Å². The Morgan fingerprint density at radius 3 is 2.81 bits per heavy atom. The van der Waals surface area contributed by atoms with Crippen molar-refractivity contribution in [2.75, 3.05) is 6.54 Å². The quantitative estimate of drug-likeness (QED) is 0.823. The van der Waals surface area contributed by atoms with Crippen LogP contribution < -0.4 is 5.32 Å². The van der Waals surface area contributed by atoms with Gasteiger partial charge < -0.3 is 10.4 Å². The Morgan fingerprint density at radius 1 is 1.48 bits per heavy atom. The van der Waals surface area contributed by atoms with Crippen molar-refractivity contribution < 1.29 is 23.1 Å². The molecule has 2 rings (SSSR count). The molecule has 0 radical (unpaired) electrons. The van der Waals surface area contributed by atoms with Crippen LogP contribution in [-0.2, 0) is 26.2 Å². The molecule has 0 saturated carbocycles. The molecule has 0 aliphatic carbocycles. The number of thiophene rings is 1. The molecule has 21 heavy (non-hydrogen) atoms. The van der Waals surface area contributed by atoms with Crippen molar-refractivity contribution in [2.45, 2.75) is 36.6 Å². The van der Waals surface area contributed by atoms with Crippen LogP contribution >= 0.6 is 11.3 Å². The molecule has 1 fully saturated rings. The molecule has 1 aromatic rings. The number of carboxylic acid groups (broad SMARTS) is 1. The largest absolute Gasteiger partial charge is 0.480 e. The van der Waals surface area contributed by atoms with E-state index in [0.29, 0.717) is 17.7 Å². The molecule has 1 aromatic heterocycles. The molecule has 7 nitrogen and oxygen atoms in total. The smallest absolute Gasteiger partial charge is 0.322 e. The molecule has 1 atom stereocenters. The van der Waals surface area contributed by atoms with Crippen molar-refractivity contribution in [1.29, 1.82) is 0 Å². The number of hydrogen-bond donors (Lipinski definition) is 2. The van der Waals surface area contributed by atoms with Gasteiger partial charge >= 0.3 is 5.97 Å². The molecule has 1 unspecified atom stereocenters. The summed E-state index contributed by atoms with van der Waals surface area (Å²) in [5.41, 5.74) is 0. The van der Waals surface area contributed by atoms with E-state index >= 15 is 0 Å². The average Bonchev–Trinajstić information content (AvgIpc) is 3.05. The van der Waals surface area contributed by atoms with Crippen LogP contribution in [0.2, 0.25) is 0 Å². The minimum Gasteiger partial charge on any atom is -0.480 e. The molecule has 1 saturated heterocycles. The summed E-state index contributed by atoms with van der Waals surface area (Å²) in [5.74, 6) is -1.32. The molecule has 1 amide bonds. The number of hydrogen-bond acceptors (Lipinski definition) is 5. The van der Waals surface area contributed by atoms with Crippen molar-refractivity contribution in [3.63, 3.8) is 0 Å². The number of nitrogens with zero attached hydrogens (tertiary/aromatic N) is 1. The number of rotatable bonds is 5. The second-order valence-corrected chi connectivity index (χ2v) is 8.03. The minimum absolute atomic E-state index is 0.107. The Balaban J connectivity index is 2.20. The fourth-order valence-electron chi connectivity index (χ4n) is 2.19. The molecule has 0 spiro atoms. The van der Waals surface area contributed by atoms with Gasteiger partial charge in [0.15, 0.2) is 0 Å². The SMILES string of the molecule is CC(=O)NCc1ccc(S(=O)(=O)N2CCCC2C(=O)O)s1. The van der Waals surface area contributed by atoms with Crippen molar-refractivity contribution in [3.05, 3.63) is 17.0 Å². The summed E-state index contributed by atoms with van der Waals surface area (Å²) in [6.45, 7) is 1.86. The van der Waals surface area contributed by atoms with Crippen LogP contribution in [0, 0.1) is 0 Å². The van der Waals surface area contributed by atoms with E-state index in [2.05, 4.69) is 5.32 Å².